The number of sulfone groups is 1. The van der Waals surface area contributed by atoms with Crippen LogP contribution in [0.5, 0.6) is 0 Å². The summed E-state index contributed by atoms with van der Waals surface area (Å²) in [5.41, 5.74) is 5.86. The fraction of sp³-hybridized carbons (Fsp3) is 0.333. The third-order valence-corrected chi connectivity index (χ3v) is 2.72. The van der Waals surface area contributed by atoms with Gasteiger partial charge in [0, 0.05) is 12.7 Å². The Kier molecular flexibility index (Phi) is 3.83. The molecule has 0 radical (unpaired) electrons. The molecule has 0 bridgehead atoms. The number of pyridine rings is 1. The molecule has 3 N–H and O–H groups in total. The van der Waals surface area contributed by atoms with E-state index in [2.05, 4.69) is 10.3 Å². The van der Waals surface area contributed by atoms with Gasteiger partial charge in [-0.25, -0.2) is 13.4 Å². The second-order valence-electron chi connectivity index (χ2n) is 3.40. The van der Waals surface area contributed by atoms with Crippen LogP contribution in [-0.4, -0.2) is 31.3 Å². The highest BCUT2D eigenvalue weighted by Gasteiger charge is 2.08. The topological polar surface area (TPSA) is 102 Å². The zero-order valence-corrected chi connectivity index (χ0v) is 9.62. The summed E-state index contributed by atoms with van der Waals surface area (Å²) in [5.74, 6) is -0.174. The average Bonchev–Trinajstić information content (AvgIpc) is 2.18. The Balaban J connectivity index is 2.49. The monoisotopic (exact) mass is 243 g/mol. The largest absolute Gasteiger partial charge is 0.384 e. The van der Waals surface area contributed by atoms with Crippen LogP contribution in [0.4, 0.5) is 11.5 Å². The molecule has 1 rings (SSSR count). The van der Waals surface area contributed by atoms with Crippen molar-refractivity contribution in [3.05, 3.63) is 18.3 Å². The van der Waals surface area contributed by atoms with E-state index in [9.17, 15) is 13.2 Å². The van der Waals surface area contributed by atoms with E-state index in [0.29, 0.717) is 11.5 Å². The molecule has 88 valence electrons. The number of nitrogen functional groups attached to an aromatic ring is 1. The van der Waals surface area contributed by atoms with Crippen molar-refractivity contribution in [1.82, 2.24) is 4.98 Å². The Morgan fingerprint density at radius 1 is 1.50 bits per heavy atom. The van der Waals surface area contributed by atoms with Gasteiger partial charge in [-0.2, -0.15) is 0 Å². The second kappa shape index (κ2) is 4.93. The summed E-state index contributed by atoms with van der Waals surface area (Å²) in [6.07, 6.45) is 2.43. The highest BCUT2D eigenvalue weighted by atomic mass is 32.2. The SMILES string of the molecule is CS(=O)(=O)CCC(=O)Nc1ccc(N)nc1. The van der Waals surface area contributed by atoms with Crippen molar-refractivity contribution in [2.45, 2.75) is 6.42 Å². The maximum absolute atomic E-state index is 11.3. The smallest absolute Gasteiger partial charge is 0.225 e. The molecule has 0 unspecified atom stereocenters. The summed E-state index contributed by atoms with van der Waals surface area (Å²) >= 11 is 0. The number of nitrogens with two attached hydrogens (primary N) is 1. The minimum Gasteiger partial charge on any atom is -0.384 e. The number of carbonyl (C=O) groups is 1. The van der Waals surface area contributed by atoms with Crippen LogP contribution in [-0.2, 0) is 14.6 Å². The summed E-state index contributed by atoms with van der Waals surface area (Å²) in [4.78, 5) is 15.1. The molecule has 0 spiro atoms. The summed E-state index contributed by atoms with van der Waals surface area (Å²) in [7, 11) is -3.11. The van der Waals surface area contributed by atoms with Crippen molar-refractivity contribution in [1.29, 1.82) is 0 Å². The van der Waals surface area contributed by atoms with E-state index in [1.54, 1.807) is 12.1 Å². The first kappa shape index (κ1) is 12.4. The number of anilines is 2. The molecule has 0 aliphatic carbocycles. The van der Waals surface area contributed by atoms with Crippen molar-refractivity contribution in [3.63, 3.8) is 0 Å². The van der Waals surface area contributed by atoms with Crippen molar-refractivity contribution >= 4 is 27.2 Å². The zero-order valence-electron chi connectivity index (χ0n) is 8.80. The zero-order chi connectivity index (χ0) is 12.2. The lowest BCUT2D eigenvalue weighted by atomic mass is 10.3. The summed E-state index contributed by atoms with van der Waals surface area (Å²) in [6.45, 7) is 0. The van der Waals surface area contributed by atoms with E-state index in [0.717, 1.165) is 6.26 Å². The maximum atomic E-state index is 11.3. The Labute approximate surface area is 93.8 Å². The minimum absolute atomic E-state index is 0.0663. The molecule has 1 aromatic rings. The van der Waals surface area contributed by atoms with E-state index in [1.807, 2.05) is 0 Å². The van der Waals surface area contributed by atoms with Gasteiger partial charge in [-0.1, -0.05) is 0 Å². The Morgan fingerprint density at radius 3 is 2.69 bits per heavy atom. The van der Waals surface area contributed by atoms with Gasteiger partial charge in [-0.3, -0.25) is 4.79 Å². The van der Waals surface area contributed by atoms with Crippen molar-refractivity contribution in [3.8, 4) is 0 Å². The summed E-state index contributed by atoms with van der Waals surface area (Å²) in [5, 5.41) is 2.52. The molecule has 1 amide bonds. The fourth-order valence-corrected chi connectivity index (χ4v) is 1.54. The Morgan fingerprint density at radius 2 is 2.19 bits per heavy atom. The van der Waals surface area contributed by atoms with Gasteiger partial charge >= 0.3 is 0 Å². The van der Waals surface area contributed by atoms with Crippen LogP contribution in [0.15, 0.2) is 18.3 Å². The third-order valence-electron chi connectivity index (χ3n) is 1.77. The molecular weight excluding hydrogens is 230 g/mol. The quantitative estimate of drug-likeness (QED) is 0.777. The predicted molar refractivity (Wildman–Crippen MR) is 61.6 cm³/mol. The Bertz CT molecular complexity index is 467. The van der Waals surface area contributed by atoms with Crippen LogP contribution < -0.4 is 11.1 Å². The number of nitrogens with zero attached hydrogens (tertiary/aromatic N) is 1. The van der Waals surface area contributed by atoms with Gasteiger partial charge in [0.15, 0.2) is 0 Å². The molecule has 1 heterocycles. The number of hydrogen-bond donors (Lipinski definition) is 2. The number of rotatable bonds is 4. The van der Waals surface area contributed by atoms with Crippen LogP contribution in [0.2, 0.25) is 0 Å². The lowest BCUT2D eigenvalue weighted by Gasteiger charge is -2.04. The molecule has 7 heteroatoms. The van der Waals surface area contributed by atoms with E-state index in [1.165, 1.54) is 6.20 Å². The lowest BCUT2D eigenvalue weighted by Crippen LogP contribution is -2.16. The van der Waals surface area contributed by atoms with Gasteiger partial charge in [-0.05, 0) is 12.1 Å². The molecule has 0 saturated carbocycles. The van der Waals surface area contributed by atoms with Crippen molar-refractivity contribution in [2.75, 3.05) is 23.1 Å². The number of amides is 1. The molecule has 0 aromatic carbocycles. The first-order valence-electron chi connectivity index (χ1n) is 4.56. The summed E-state index contributed by atoms with van der Waals surface area (Å²) in [6, 6.07) is 3.15. The average molecular weight is 243 g/mol. The molecule has 1 aromatic heterocycles. The highest BCUT2D eigenvalue weighted by Crippen LogP contribution is 2.07. The van der Waals surface area contributed by atoms with Crippen LogP contribution in [0.1, 0.15) is 6.42 Å². The van der Waals surface area contributed by atoms with Crippen LogP contribution in [0.3, 0.4) is 0 Å². The molecular formula is C9H13N3O3S. The molecule has 16 heavy (non-hydrogen) atoms. The molecule has 0 saturated heterocycles. The number of carbonyl (C=O) groups excluding carboxylic acids is 1. The number of aromatic nitrogens is 1. The van der Waals surface area contributed by atoms with E-state index < -0.39 is 9.84 Å². The van der Waals surface area contributed by atoms with E-state index in [4.69, 9.17) is 5.73 Å². The van der Waals surface area contributed by atoms with Gasteiger partial charge in [0.2, 0.25) is 5.91 Å². The van der Waals surface area contributed by atoms with Crippen LogP contribution >= 0.6 is 0 Å². The van der Waals surface area contributed by atoms with Gasteiger partial charge in [0.1, 0.15) is 15.7 Å². The number of nitrogens with one attached hydrogen (secondary N) is 1. The highest BCUT2D eigenvalue weighted by molar-refractivity contribution is 7.90. The van der Waals surface area contributed by atoms with Gasteiger partial charge in [0.05, 0.1) is 17.6 Å². The first-order valence-corrected chi connectivity index (χ1v) is 6.62. The summed E-state index contributed by atoms with van der Waals surface area (Å²) < 4.78 is 21.6. The third kappa shape index (κ3) is 4.74. The lowest BCUT2D eigenvalue weighted by molar-refractivity contribution is -0.115. The standard InChI is InChI=1S/C9H13N3O3S/c1-16(14,15)5-4-9(13)12-7-2-3-8(10)11-6-7/h2-3,6H,4-5H2,1H3,(H2,10,11)(H,12,13). The first-order chi connectivity index (χ1) is 7.37. The molecule has 0 aliphatic rings. The van der Waals surface area contributed by atoms with E-state index >= 15 is 0 Å². The van der Waals surface area contributed by atoms with Gasteiger partial charge in [0.25, 0.3) is 0 Å². The van der Waals surface area contributed by atoms with Gasteiger partial charge in [-0.15, -0.1) is 0 Å². The van der Waals surface area contributed by atoms with Crippen LogP contribution in [0.25, 0.3) is 0 Å². The maximum Gasteiger partial charge on any atom is 0.225 e. The fourth-order valence-electron chi connectivity index (χ4n) is 0.981. The van der Waals surface area contributed by atoms with Crippen LogP contribution in [0, 0.1) is 0 Å². The van der Waals surface area contributed by atoms with Crippen molar-refractivity contribution in [2.24, 2.45) is 0 Å². The normalized spacial score (nSPS) is 11.1. The van der Waals surface area contributed by atoms with E-state index in [-0.39, 0.29) is 18.1 Å². The molecule has 0 atom stereocenters. The number of hydrogen-bond acceptors (Lipinski definition) is 5. The second-order valence-corrected chi connectivity index (χ2v) is 5.66. The molecule has 0 aliphatic heterocycles. The predicted octanol–water partition coefficient (Wildman–Crippen LogP) is 0.0370. The van der Waals surface area contributed by atoms with Crippen molar-refractivity contribution < 1.29 is 13.2 Å². The molecule has 6 nitrogen and oxygen atoms in total. The molecule has 0 fully saturated rings. The minimum atomic E-state index is -3.11. The van der Waals surface area contributed by atoms with Gasteiger partial charge < -0.3 is 11.1 Å². The Hall–Kier alpha value is -1.63.